The fourth-order valence-corrected chi connectivity index (χ4v) is 3.64. The molecular weight excluding hydrogens is 360 g/mol. The zero-order valence-electron chi connectivity index (χ0n) is 16.0. The molecule has 2 aromatic carbocycles. The van der Waals surface area contributed by atoms with Gasteiger partial charge in [0.15, 0.2) is 6.61 Å². The van der Waals surface area contributed by atoms with Gasteiger partial charge in [-0.1, -0.05) is 43.6 Å². The van der Waals surface area contributed by atoms with Gasteiger partial charge in [0.2, 0.25) is 0 Å². The number of benzene rings is 2. The van der Waals surface area contributed by atoms with Gasteiger partial charge in [-0.05, 0) is 55.0 Å². The molecule has 27 heavy (non-hydrogen) atoms. The summed E-state index contributed by atoms with van der Waals surface area (Å²) in [5.41, 5.74) is 2.93. The van der Waals surface area contributed by atoms with Crippen LogP contribution in [0.4, 0.5) is 11.4 Å². The van der Waals surface area contributed by atoms with Crippen molar-refractivity contribution >= 4 is 28.9 Å². The van der Waals surface area contributed by atoms with E-state index in [1.54, 1.807) is 0 Å². The first-order chi connectivity index (χ1) is 13.1. The second-order valence-electron chi connectivity index (χ2n) is 7.05. The van der Waals surface area contributed by atoms with Crippen LogP contribution in [0.25, 0.3) is 0 Å². The average molecular weight is 387 g/mol. The number of rotatable bonds is 7. The first kappa shape index (κ1) is 19.6. The summed E-state index contributed by atoms with van der Waals surface area (Å²) in [5.74, 6) is 1.03. The molecule has 1 unspecified atom stereocenters. The lowest BCUT2D eigenvalue weighted by Gasteiger charge is -2.23. The van der Waals surface area contributed by atoms with E-state index in [9.17, 15) is 4.79 Å². The summed E-state index contributed by atoms with van der Waals surface area (Å²) in [5, 5.41) is 3.61. The molecule has 144 valence electrons. The Labute approximate surface area is 166 Å². The Morgan fingerprint density at radius 3 is 2.56 bits per heavy atom. The van der Waals surface area contributed by atoms with Gasteiger partial charge in [-0.2, -0.15) is 0 Å². The van der Waals surface area contributed by atoms with Gasteiger partial charge >= 0.3 is 0 Å². The molecule has 1 heterocycles. The summed E-state index contributed by atoms with van der Waals surface area (Å²) in [7, 11) is 0. The van der Waals surface area contributed by atoms with E-state index in [1.165, 1.54) is 5.56 Å². The summed E-state index contributed by atoms with van der Waals surface area (Å²) >= 11 is 6.39. The fraction of sp³-hybridized carbons (Fsp3) is 0.409. The zero-order valence-corrected chi connectivity index (χ0v) is 16.8. The minimum atomic E-state index is -0.191. The van der Waals surface area contributed by atoms with Gasteiger partial charge in [0.25, 0.3) is 5.91 Å². The number of nitrogens with one attached hydrogen (secondary N) is 1. The Morgan fingerprint density at radius 1 is 1.19 bits per heavy atom. The lowest BCUT2D eigenvalue weighted by atomic mass is 9.99. The van der Waals surface area contributed by atoms with E-state index in [1.807, 2.05) is 30.3 Å². The average Bonchev–Trinajstić information content (AvgIpc) is 3.20. The molecule has 0 aliphatic carbocycles. The lowest BCUT2D eigenvalue weighted by Crippen LogP contribution is -2.24. The minimum Gasteiger partial charge on any atom is -0.484 e. The van der Waals surface area contributed by atoms with E-state index >= 15 is 0 Å². The van der Waals surface area contributed by atoms with Crippen LogP contribution >= 0.6 is 11.6 Å². The standard InChI is InChI=1S/C22H27ClN2O2/c1-3-16(2)17-9-11-18(12-10-17)27-15-21(26)24-20-8-6-7-19(23)22(20)25-13-4-5-14-25/h6-12,16H,3-5,13-15H2,1-2H3,(H,24,26). The lowest BCUT2D eigenvalue weighted by molar-refractivity contribution is -0.118. The van der Waals surface area contributed by atoms with Gasteiger partial charge in [-0.25, -0.2) is 0 Å². The maximum absolute atomic E-state index is 12.4. The highest BCUT2D eigenvalue weighted by Crippen LogP contribution is 2.35. The monoisotopic (exact) mass is 386 g/mol. The van der Waals surface area contributed by atoms with Crippen LogP contribution in [-0.2, 0) is 4.79 Å². The number of hydrogen-bond acceptors (Lipinski definition) is 3. The topological polar surface area (TPSA) is 41.6 Å². The van der Waals surface area contributed by atoms with Crippen LogP contribution in [0.5, 0.6) is 5.75 Å². The van der Waals surface area contributed by atoms with Gasteiger partial charge in [0.1, 0.15) is 5.75 Å². The molecule has 5 heteroatoms. The number of carbonyl (C=O) groups is 1. The molecule has 1 amide bonds. The minimum absolute atomic E-state index is 0.0331. The normalized spacial score (nSPS) is 14.9. The first-order valence-electron chi connectivity index (χ1n) is 9.64. The Kier molecular flexibility index (Phi) is 6.62. The molecule has 1 atom stereocenters. The Bertz CT molecular complexity index is 770. The van der Waals surface area contributed by atoms with Crippen molar-refractivity contribution in [2.75, 3.05) is 29.9 Å². The summed E-state index contributed by atoms with van der Waals surface area (Å²) in [6, 6.07) is 13.6. The molecule has 4 nitrogen and oxygen atoms in total. The molecule has 0 radical (unpaired) electrons. The fourth-order valence-electron chi connectivity index (χ4n) is 3.34. The number of para-hydroxylation sites is 1. The quantitative estimate of drug-likeness (QED) is 0.685. The molecule has 1 saturated heterocycles. The maximum Gasteiger partial charge on any atom is 0.262 e. The van der Waals surface area contributed by atoms with Gasteiger partial charge < -0.3 is 15.0 Å². The van der Waals surface area contributed by atoms with Crippen LogP contribution in [0.2, 0.25) is 5.02 Å². The maximum atomic E-state index is 12.4. The van der Waals surface area contributed by atoms with Crippen molar-refractivity contribution in [3.63, 3.8) is 0 Å². The van der Waals surface area contributed by atoms with Crippen molar-refractivity contribution in [3.8, 4) is 5.75 Å². The predicted molar refractivity (Wildman–Crippen MR) is 112 cm³/mol. The summed E-state index contributed by atoms with van der Waals surface area (Å²) in [6.45, 7) is 6.27. The van der Waals surface area contributed by atoms with Crippen molar-refractivity contribution < 1.29 is 9.53 Å². The van der Waals surface area contributed by atoms with Crippen LogP contribution in [0, 0.1) is 0 Å². The van der Waals surface area contributed by atoms with Crippen LogP contribution in [0.15, 0.2) is 42.5 Å². The molecule has 0 spiro atoms. The van der Waals surface area contributed by atoms with Crippen LogP contribution in [0.3, 0.4) is 0 Å². The Balaban J connectivity index is 1.60. The number of nitrogens with zero attached hydrogens (tertiary/aromatic N) is 1. The molecular formula is C22H27ClN2O2. The van der Waals surface area contributed by atoms with Crippen LogP contribution in [-0.4, -0.2) is 25.6 Å². The van der Waals surface area contributed by atoms with Gasteiger partial charge in [-0.3, -0.25) is 4.79 Å². The van der Waals surface area contributed by atoms with E-state index in [2.05, 4.69) is 36.2 Å². The predicted octanol–water partition coefficient (Wildman–Crippen LogP) is 5.47. The number of anilines is 2. The zero-order chi connectivity index (χ0) is 19.2. The molecule has 0 bridgehead atoms. The third-order valence-electron chi connectivity index (χ3n) is 5.11. The Hall–Kier alpha value is -2.20. The summed E-state index contributed by atoms with van der Waals surface area (Å²) < 4.78 is 5.65. The molecule has 1 aliphatic heterocycles. The van der Waals surface area contributed by atoms with Crippen LogP contribution < -0.4 is 15.0 Å². The molecule has 0 saturated carbocycles. The second-order valence-corrected chi connectivity index (χ2v) is 7.45. The molecule has 1 fully saturated rings. The van der Waals surface area contributed by atoms with Gasteiger partial charge in [0.05, 0.1) is 16.4 Å². The summed E-state index contributed by atoms with van der Waals surface area (Å²) in [6.07, 6.45) is 3.39. The largest absolute Gasteiger partial charge is 0.484 e. The Morgan fingerprint density at radius 2 is 1.89 bits per heavy atom. The number of amides is 1. The SMILES string of the molecule is CCC(C)c1ccc(OCC(=O)Nc2cccc(Cl)c2N2CCCC2)cc1. The van der Waals surface area contributed by atoms with Crippen molar-refractivity contribution in [2.24, 2.45) is 0 Å². The molecule has 0 aromatic heterocycles. The van der Waals surface area contributed by atoms with Gasteiger partial charge in [0, 0.05) is 13.1 Å². The second kappa shape index (κ2) is 9.14. The molecule has 3 rings (SSSR count). The van der Waals surface area contributed by atoms with E-state index in [4.69, 9.17) is 16.3 Å². The van der Waals surface area contributed by atoms with Crippen molar-refractivity contribution in [1.82, 2.24) is 0 Å². The first-order valence-corrected chi connectivity index (χ1v) is 10.0. The molecule has 2 aromatic rings. The number of hydrogen-bond donors (Lipinski definition) is 1. The highest BCUT2D eigenvalue weighted by atomic mass is 35.5. The van der Waals surface area contributed by atoms with Crippen LogP contribution in [0.1, 0.15) is 44.6 Å². The highest BCUT2D eigenvalue weighted by molar-refractivity contribution is 6.34. The third kappa shape index (κ3) is 4.95. The van der Waals surface area contributed by atoms with E-state index in [-0.39, 0.29) is 12.5 Å². The van der Waals surface area contributed by atoms with Gasteiger partial charge in [-0.15, -0.1) is 0 Å². The number of halogens is 1. The van der Waals surface area contributed by atoms with E-state index in [0.29, 0.717) is 16.7 Å². The number of carbonyl (C=O) groups excluding carboxylic acids is 1. The third-order valence-corrected chi connectivity index (χ3v) is 5.42. The summed E-state index contributed by atoms with van der Waals surface area (Å²) in [4.78, 5) is 14.6. The molecule has 1 N–H and O–H groups in total. The van der Waals surface area contributed by atoms with Crippen molar-refractivity contribution in [1.29, 1.82) is 0 Å². The van der Waals surface area contributed by atoms with Crippen molar-refractivity contribution in [2.45, 2.75) is 39.0 Å². The molecule has 1 aliphatic rings. The highest BCUT2D eigenvalue weighted by Gasteiger charge is 2.19. The number of ether oxygens (including phenoxy) is 1. The van der Waals surface area contributed by atoms with Crippen molar-refractivity contribution in [3.05, 3.63) is 53.1 Å². The van der Waals surface area contributed by atoms with E-state index in [0.717, 1.165) is 43.7 Å². The smallest absolute Gasteiger partial charge is 0.262 e. The van der Waals surface area contributed by atoms with E-state index < -0.39 is 0 Å².